The topological polar surface area (TPSA) is 88.8 Å². The summed E-state index contributed by atoms with van der Waals surface area (Å²) >= 11 is 0. The number of anilines is 2. The lowest BCUT2D eigenvalue weighted by atomic mass is 10.2. The molecular weight excluding hydrogens is 264 g/mol. The summed E-state index contributed by atoms with van der Waals surface area (Å²) in [4.78, 5) is 13.0. The highest BCUT2D eigenvalue weighted by Gasteiger charge is 2.06. The lowest BCUT2D eigenvalue weighted by Gasteiger charge is -2.10. The Balaban J connectivity index is 1.90. The summed E-state index contributed by atoms with van der Waals surface area (Å²) < 4.78 is 0. The van der Waals surface area contributed by atoms with Gasteiger partial charge in [0, 0.05) is 23.8 Å². The summed E-state index contributed by atoms with van der Waals surface area (Å²) in [5.74, 6) is 6.55. The Bertz CT molecular complexity index is 754. The second kappa shape index (κ2) is 5.72. The van der Waals surface area contributed by atoms with Gasteiger partial charge in [-0.25, -0.2) is 10.8 Å². The molecule has 0 aliphatic rings. The van der Waals surface area contributed by atoms with Crippen LogP contribution in [0, 0.1) is 6.92 Å². The Labute approximate surface area is 122 Å². The summed E-state index contributed by atoms with van der Waals surface area (Å²) in [7, 11) is 0. The molecule has 21 heavy (non-hydrogen) atoms. The molecule has 0 atom stereocenters. The molecule has 0 spiro atoms. The van der Waals surface area contributed by atoms with Crippen molar-refractivity contribution >= 4 is 22.7 Å². The Morgan fingerprint density at radius 3 is 2.71 bits per heavy atom. The van der Waals surface area contributed by atoms with Gasteiger partial charge in [0.2, 0.25) is 5.95 Å². The van der Waals surface area contributed by atoms with Crippen LogP contribution in [0.25, 0.3) is 10.9 Å². The van der Waals surface area contributed by atoms with Crippen LogP contribution in [0.5, 0.6) is 0 Å². The van der Waals surface area contributed by atoms with Gasteiger partial charge in [-0.1, -0.05) is 18.2 Å². The summed E-state index contributed by atoms with van der Waals surface area (Å²) in [5, 5.41) is 4.27. The first-order valence-electron chi connectivity index (χ1n) is 6.65. The van der Waals surface area contributed by atoms with Crippen molar-refractivity contribution in [3.63, 3.8) is 0 Å². The van der Waals surface area contributed by atoms with Crippen molar-refractivity contribution in [3.05, 3.63) is 53.9 Å². The molecule has 4 N–H and O–H groups in total. The van der Waals surface area contributed by atoms with E-state index >= 15 is 0 Å². The third-order valence-corrected chi connectivity index (χ3v) is 3.16. The van der Waals surface area contributed by atoms with E-state index in [0.717, 1.165) is 28.0 Å². The second-order valence-corrected chi connectivity index (χ2v) is 4.72. The monoisotopic (exact) mass is 280 g/mol. The maximum atomic E-state index is 5.42. The van der Waals surface area contributed by atoms with E-state index in [4.69, 9.17) is 5.84 Å². The van der Waals surface area contributed by atoms with Crippen molar-refractivity contribution in [2.75, 3.05) is 10.7 Å². The van der Waals surface area contributed by atoms with Crippen LogP contribution in [-0.2, 0) is 6.54 Å². The zero-order chi connectivity index (χ0) is 14.7. The highest BCUT2D eigenvalue weighted by atomic mass is 15.3. The van der Waals surface area contributed by atoms with Gasteiger partial charge in [0.1, 0.15) is 5.82 Å². The quantitative estimate of drug-likeness (QED) is 0.501. The number of aryl methyl sites for hydroxylation is 1. The number of nitrogen functional groups attached to an aromatic ring is 1. The molecule has 0 aliphatic carbocycles. The van der Waals surface area contributed by atoms with Crippen molar-refractivity contribution in [1.29, 1.82) is 0 Å². The maximum Gasteiger partial charge on any atom is 0.239 e. The molecule has 0 amide bonds. The number of para-hydroxylation sites is 1. The first kappa shape index (κ1) is 13.3. The van der Waals surface area contributed by atoms with Gasteiger partial charge in [-0.15, -0.1) is 0 Å². The number of rotatable bonds is 4. The van der Waals surface area contributed by atoms with Gasteiger partial charge in [0.05, 0.1) is 5.52 Å². The number of nitrogens with one attached hydrogen (secondary N) is 2. The number of pyridine rings is 1. The minimum Gasteiger partial charge on any atom is -0.365 e. The van der Waals surface area contributed by atoms with Crippen LogP contribution in [0.3, 0.4) is 0 Å². The normalized spacial score (nSPS) is 10.6. The van der Waals surface area contributed by atoms with Gasteiger partial charge >= 0.3 is 0 Å². The van der Waals surface area contributed by atoms with Crippen molar-refractivity contribution in [2.24, 2.45) is 5.84 Å². The highest BCUT2D eigenvalue weighted by molar-refractivity contribution is 5.89. The highest BCUT2D eigenvalue weighted by Crippen LogP contribution is 2.21. The fraction of sp³-hybridized carbons (Fsp3) is 0.133. The summed E-state index contributed by atoms with van der Waals surface area (Å²) in [6, 6.07) is 11.8. The zero-order valence-corrected chi connectivity index (χ0v) is 11.7. The second-order valence-electron chi connectivity index (χ2n) is 4.72. The first-order valence-corrected chi connectivity index (χ1v) is 6.65. The average molecular weight is 280 g/mol. The van der Waals surface area contributed by atoms with Gasteiger partial charge in [0.15, 0.2) is 0 Å². The molecule has 0 saturated carbocycles. The minimum atomic E-state index is 0.387. The average Bonchev–Trinajstić information content (AvgIpc) is 2.53. The van der Waals surface area contributed by atoms with Crippen LogP contribution in [0.2, 0.25) is 0 Å². The maximum absolute atomic E-state index is 5.42. The van der Waals surface area contributed by atoms with Crippen LogP contribution in [0.15, 0.2) is 42.6 Å². The molecule has 6 nitrogen and oxygen atoms in total. The van der Waals surface area contributed by atoms with E-state index in [0.29, 0.717) is 12.5 Å². The van der Waals surface area contributed by atoms with Crippen molar-refractivity contribution in [2.45, 2.75) is 13.5 Å². The number of hydrazine groups is 1. The number of fused-ring (bicyclic) bond motifs is 1. The predicted molar refractivity (Wildman–Crippen MR) is 83.6 cm³/mol. The Morgan fingerprint density at radius 1 is 1.10 bits per heavy atom. The fourth-order valence-electron chi connectivity index (χ4n) is 2.06. The molecule has 0 aliphatic heterocycles. The van der Waals surface area contributed by atoms with Gasteiger partial charge in [-0.3, -0.25) is 10.4 Å². The molecule has 0 radical (unpaired) electrons. The molecule has 1 aromatic carbocycles. The van der Waals surface area contributed by atoms with Gasteiger partial charge in [-0.05, 0) is 30.7 Å². The van der Waals surface area contributed by atoms with Gasteiger partial charge < -0.3 is 5.32 Å². The lowest BCUT2D eigenvalue weighted by molar-refractivity contribution is 1.06. The first-order chi connectivity index (χ1) is 10.3. The van der Waals surface area contributed by atoms with E-state index in [1.54, 1.807) is 0 Å². The van der Waals surface area contributed by atoms with E-state index in [2.05, 4.69) is 25.7 Å². The fourth-order valence-corrected chi connectivity index (χ4v) is 2.06. The van der Waals surface area contributed by atoms with E-state index in [-0.39, 0.29) is 0 Å². The Morgan fingerprint density at radius 2 is 1.95 bits per heavy atom. The van der Waals surface area contributed by atoms with Crippen LogP contribution in [0.4, 0.5) is 11.8 Å². The largest absolute Gasteiger partial charge is 0.365 e. The molecule has 3 rings (SSSR count). The van der Waals surface area contributed by atoms with E-state index < -0.39 is 0 Å². The number of hydrogen-bond acceptors (Lipinski definition) is 6. The summed E-state index contributed by atoms with van der Waals surface area (Å²) in [6.07, 6.45) is 1.85. The van der Waals surface area contributed by atoms with E-state index in [9.17, 15) is 0 Å². The Hall–Kier alpha value is -2.73. The van der Waals surface area contributed by atoms with Gasteiger partial charge in [0.25, 0.3) is 0 Å². The predicted octanol–water partition coefficient (Wildman–Crippen LogP) is 2.23. The molecule has 2 heterocycles. The van der Waals surface area contributed by atoms with E-state index in [1.807, 2.05) is 49.5 Å². The molecular formula is C15H16N6. The van der Waals surface area contributed by atoms with Crippen LogP contribution >= 0.6 is 0 Å². The SMILES string of the molecule is Cc1ccc(CNc2nc(NN)nc3ccccc23)cn1. The van der Waals surface area contributed by atoms with Gasteiger partial charge in [-0.2, -0.15) is 4.98 Å². The smallest absolute Gasteiger partial charge is 0.239 e. The van der Waals surface area contributed by atoms with Crippen molar-refractivity contribution in [3.8, 4) is 0 Å². The molecule has 0 unspecified atom stereocenters. The number of hydrogen-bond donors (Lipinski definition) is 3. The number of nitrogens with zero attached hydrogens (tertiary/aromatic N) is 3. The molecule has 106 valence electrons. The van der Waals surface area contributed by atoms with Crippen molar-refractivity contribution in [1.82, 2.24) is 15.0 Å². The minimum absolute atomic E-state index is 0.387. The van der Waals surface area contributed by atoms with E-state index in [1.165, 1.54) is 0 Å². The third-order valence-electron chi connectivity index (χ3n) is 3.16. The number of nitrogens with two attached hydrogens (primary N) is 1. The Kier molecular flexibility index (Phi) is 3.61. The number of benzene rings is 1. The molecule has 3 aromatic rings. The molecule has 0 saturated heterocycles. The standard InChI is InChI=1S/C15H16N6/c1-10-6-7-11(8-17-10)9-18-14-12-4-2-3-5-13(12)19-15(20-14)21-16/h2-8H,9,16H2,1H3,(H2,18,19,20,21). The lowest BCUT2D eigenvalue weighted by Crippen LogP contribution is -2.12. The number of aromatic nitrogens is 3. The molecule has 0 bridgehead atoms. The van der Waals surface area contributed by atoms with Crippen LogP contribution in [0.1, 0.15) is 11.3 Å². The molecule has 2 aromatic heterocycles. The summed E-state index contributed by atoms with van der Waals surface area (Å²) in [5.41, 5.74) is 5.42. The third kappa shape index (κ3) is 2.90. The van der Waals surface area contributed by atoms with Crippen LogP contribution < -0.4 is 16.6 Å². The van der Waals surface area contributed by atoms with Crippen LogP contribution in [-0.4, -0.2) is 15.0 Å². The molecule has 6 heteroatoms. The summed E-state index contributed by atoms with van der Waals surface area (Å²) in [6.45, 7) is 2.60. The zero-order valence-electron chi connectivity index (χ0n) is 11.7. The van der Waals surface area contributed by atoms with Crippen molar-refractivity contribution < 1.29 is 0 Å². The molecule has 0 fully saturated rings.